The van der Waals surface area contributed by atoms with Gasteiger partial charge in [-0.1, -0.05) is 25.2 Å². The molecule has 2 aromatic rings. The number of piperazine rings is 1. The van der Waals surface area contributed by atoms with Crippen molar-refractivity contribution in [1.82, 2.24) is 9.80 Å². The van der Waals surface area contributed by atoms with E-state index in [2.05, 4.69) is 38.0 Å². The molecule has 1 amide bonds. The van der Waals surface area contributed by atoms with E-state index in [0.717, 1.165) is 54.5 Å². The minimum atomic E-state index is -0.235. The van der Waals surface area contributed by atoms with Crippen molar-refractivity contribution in [2.75, 3.05) is 51.3 Å². The van der Waals surface area contributed by atoms with Crippen LogP contribution in [0.2, 0.25) is 0 Å². The Morgan fingerprint density at radius 3 is 2.42 bits per heavy atom. The van der Waals surface area contributed by atoms with Crippen LogP contribution in [0.4, 0.5) is 5.69 Å². The Morgan fingerprint density at radius 2 is 1.79 bits per heavy atom. The van der Waals surface area contributed by atoms with Gasteiger partial charge in [0.2, 0.25) is 0 Å². The molecule has 1 N–H and O–H groups in total. The number of aryl methyl sites for hydroxylation is 2. The lowest BCUT2D eigenvalue weighted by Gasteiger charge is -2.35. The second-order valence-electron chi connectivity index (χ2n) is 8.08. The average molecular weight is 535 g/mol. The fourth-order valence-corrected chi connectivity index (χ4v) is 4.56. The molecule has 1 aliphatic heterocycles. The third kappa shape index (κ3) is 6.68. The van der Waals surface area contributed by atoms with E-state index >= 15 is 0 Å². The van der Waals surface area contributed by atoms with Gasteiger partial charge < -0.3 is 24.6 Å². The molecule has 1 heterocycles. The van der Waals surface area contributed by atoms with Crippen LogP contribution in [0.3, 0.4) is 0 Å². The Balaban J connectivity index is 1.69. The lowest BCUT2D eigenvalue weighted by molar-refractivity contribution is -0.118. The number of benzene rings is 2. The first-order chi connectivity index (χ1) is 15.8. The van der Waals surface area contributed by atoms with Crippen LogP contribution in [-0.4, -0.2) is 66.6 Å². The summed E-state index contributed by atoms with van der Waals surface area (Å²) in [6, 6.07) is 9.66. The van der Waals surface area contributed by atoms with E-state index in [1.54, 1.807) is 0 Å². The van der Waals surface area contributed by atoms with Crippen molar-refractivity contribution >= 4 is 44.7 Å². The Kier molecular flexibility index (Phi) is 9.11. The molecule has 1 fully saturated rings. The van der Waals surface area contributed by atoms with E-state index in [1.165, 1.54) is 5.56 Å². The highest BCUT2D eigenvalue weighted by Crippen LogP contribution is 2.37. The Bertz CT molecular complexity index is 1010. The number of halogens is 1. The van der Waals surface area contributed by atoms with Gasteiger partial charge in [0.25, 0.3) is 5.91 Å². The molecule has 178 valence electrons. The molecule has 0 aliphatic carbocycles. The zero-order valence-electron chi connectivity index (χ0n) is 19.7. The van der Waals surface area contributed by atoms with E-state index in [1.807, 2.05) is 51.1 Å². The number of nitrogens with one attached hydrogen (secondary N) is 1. The molecule has 0 bridgehead atoms. The second kappa shape index (κ2) is 11.8. The van der Waals surface area contributed by atoms with Crippen LogP contribution in [0.1, 0.15) is 30.5 Å². The smallest absolute Gasteiger partial charge is 0.262 e. The van der Waals surface area contributed by atoms with Gasteiger partial charge in [0.05, 0.1) is 11.1 Å². The molecule has 33 heavy (non-hydrogen) atoms. The molecule has 0 aromatic heterocycles. The predicted octanol–water partition coefficient (Wildman–Crippen LogP) is 4.80. The Hall–Kier alpha value is -2.16. The summed E-state index contributed by atoms with van der Waals surface area (Å²) in [6.07, 6.45) is 0. The van der Waals surface area contributed by atoms with Gasteiger partial charge in [-0.3, -0.25) is 4.79 Å². The SMILES string of the molecule is CCOc1cc(C(=S)N2CCN(CC)CC2)cc(Br)c1OCC(=O)Nc1ccc(C)c(C)c1. The first kappa shape index (κ1) is 25.5. The van der Waals surface area contributed by atoms with Gasteiger partial charge in [0.1, 0.15) is 4.99 Å². The van der Waals surface area contributed by atoms with Crippen molar-refractivity contribution in [3.8, 4) is 11.5 Å². The molecule has 3 rings (SSSR count). The summed E-state index contributed by atoms with van der Waals surface area (Å²) >= 11 is 9.38. The molecule has 8 heteroatoms. The van der Waals surface area contributed by atoms with Crippen molar-refractivity contribution in [2.45, 2.75) is 27.7 Å². The van der Waals surface area contributed by atoms with Crippen molar-refractivity contribution in [1.29, 1.82) is 0 Å². The molecule has 2 aromatic carbocycles. The van der Waals surface area contributed by atoms with E-state index in [0.29, 0.717) is 22.6 Å². The van der Waals surface area contributed by atoms with Crippen LogP contribution < -0.4 is 14.8 Å². The summed E-state index contributed by atoms with van der Waals surface area (Å²) in [7, 11) is 0. The van der Waals surface area contributed by atoms with Crippen LogP contribution >= 0.6 is 28.1 Å². The fourth-order valence-electron chi connectivity index (χ4n) is 3.70. The molecule has 0 unspecified atom stereocenters. The largest absolute Gasteiger partial charge is 0.490 e. The van der Waals surface area contributed by atoms with E-state index in [9.17, 15) is 4.79 Å². The number of carbonyl (C=O) groups is 1. The second-order valence-corrected chi connectivity index (χ2v) is 9.32. The van der Waals surface area contributed by atoms with Crippen LogP contribution in [0.25, 0.3) is 0 Å². The Labute approximate surface area is 210 Å². The molecule has 0 atom stereocenters. The van der Waals surface area contributed by atoms with Gasteiger partial charge >= 0.3 is 0 Å². The minimum Gasteiger partial charge on any atom is -0.490 e. The van der Waals surface area contributed by atoms with E-state index in [-0.39, 0.29) is 12.5 Å². The predicted molar refractivity (Wildman–Crippen MR) is 141 cm³/mol. The summed E-state index contributed by atoms with van der Waals surface area (Å²) in [4.78, 5) is 17.9. The maximum absolute atomic E-state index is 12.5. The first-order valence-corrected chi connectivity index (χ1v) is 12.5. The van der Waals surface area contributed by atoms with E-state index < -0.39 is 0 Å². The number of thiocarbonyl (C=S) groups is 1. The summed E-state index contributed by atoms with van der Waals surface area (Å²) in [5, 5.41) is 2.88. The molecule has 6 nitrogen and oxygen atoms in total. The van der Waals surface area contributed by atoms with E-state index in [4.69, 9.17) is 21.7 Å². The van der Waals surface area contributed by atoms with Crippen LogP contribution in [0.5, 0.6) is 11.5 Å². The molecule has 0 saturated carbocycles. The molecule has 0 radical (unpaired) electrons. The quantitative estimate of drug-likeness (QED) is 0.492. The number of nitrogens with zero attached hydrogens (tertiary/aromatic N) is 2. The molecular weight excluding hydrogens is 502 g/mol. The van der Waals surface area contributed by atoms with Crippen molar-refractivity contribution < 1.29 is 14.3 Å². The maximum Gasteiger partial charge on any atom is 0.262 e. The Morgan fingerprint density at radius 1 is 1.06 bits per heavy atom. The number of rotatable bonds is 8. The van der Waals surface area contributed by atoms with Crippen molar-refractivity contribution in [2.24, 2.45) is 0 Å². The number of amides is 1. The monoisotopic (exact) mass is 533 g/mol. The molecule has 0 spiro atoms. The summed E-state index contributed by atoms with van der Waals surface area (Å²) in [6.45, 7) is 13.4. The zero-order valence-corrected chi connectivity index (χ0v) is 22.1. The zero-order chi connectivity index (χ0) is 24.0. The highest BCUT2D eigenvalue weighted by Gasteiger charge is 2.22. The van der Waals surface area contributed by atoms with Gasteiger partial charge in [0.15, 0.2) is 18.1 Å². The molecular formula is C25H32BrN3O3S. The van der Waals surface area contributed by atoms with Gasteiger partial charge in [-0.05, 0) is 78.6 Å². The first-order valence-electron chi connectivity index (χ1n) is 11.3. The van der Waals surface area contributed by atoms with Crippen molar-refractivity contribution in [3.63, 3.8) is 0 Å². The maximum atomic E-state index is 12.5. The van der Waals surface area contributed by atoms with Gasteiger partial charge in [-0.2, -0.15) is 0 Å². The molecule has 1 saturated heterocycles. The summed E-state index contributed by atoms with van der Waals surface area (Å²) in [5.41, 5.74) is 3.95. The van der Waals surface area contributed by atoms with Gasteiger partial charge in [-0.15, -0.1) is 0 Å². The average Bonchev–Trinajstić information content (AvgIpc) is 2.80. The highest BCUT2D eigenvalue weighted by molar-refractivity contribution is 9.10. The van der Waals surface area contributed by atoms with Gasteiger partial charge in [0, 0.05) is 37.4 Å². The van der Waals surface area contributed by atoms with Crippen LogP contribution in [0.15, 0.2) is 34.8 Å². The third-order valence-electron chi connectivity index (χ3n) is 5.80. The summed E-state index contributed by atoms with van der Waals surface area (Å²) in [5.74, 6) is 0.825. The fraction of sp³-hybridized carbons (Fsp3) is 0.440. The number of ether oxygens (including phenoxy) is 2. The van der Waals surface area contributed by atoms with Crippen LogP contribution in [-0.2, 0) is 4.79 Å². The van der Waals surface area contributed by atoms with Gasteiger partial charge in [-0.25, -0.2) is 0 Å². The number of hydrogen-bond donors (Lipinski definition) is 1. The third-order valence-corrected chi connectivity index (χ3v) is 6.88. The summed E-state index contributed by atoms with van der Waals surface area (Å²) < 4.78 is 12.4. The minimum absolute atomic E-state index is 0.131. The normalized spacial score (nSPS) is 14.2. The van der Waals surface area contributed by atoms with Crippen LogP contribution in [0, 0.1) is 13.8 Å². The van der Waals surface area contributed by atoms with Crippen molar-refractivity contribution in [3.05, 3.63) is 51.5 Å². The lowest BCUT2D eigenvalue weighted by Crippen LogP contribution is -2.48. The molecule has 1 aliphatic rings. The number of likely N-dealkylation sites (N-methyl/N-ethyl adjacent to an activating group) is 1. The number of anilines is 1. The number of carbonyl (C=O) groups excluding carboxylic acids is 1. The topological polar surface area (TPSA) is 54.0 Å². The lowest BCUT2D eigenvalue weighted by atomic mass is 10.1. The highest BCUT2D eigenvalue weighted by atomic mass is 79.9. The number of hydrogen-bond acceptors (Lipinski definition) is 5. The standard InChI is InChI=1S/C25H32BrN3O3S/c1-5-28-9-11-29(12-10-28)25(33)19-14-21(26)24(22(15-19)31-6-2)32-16-23(30)27-20-8-7-17(3)18(4)13-20/h7-8,13-15H,5-6,9-12,16H2,1-4H3,(H,27,30).